The Morgan fingerprint density at radius 2 is 2.00 bits per heavy atom. The molecule has 4 nitrogen and oxygen atoms in total. The smallest absolute Gasteiger partial charge is 0.305 e. The van der Waals surface area contributed by atoms with Crippen molar-refractivity contribution in [3.05, 3.63) is 29.8 Å². The Morgan fingerprint density at radius 3 is 2.47 bits per heavy atom. The van der Waals surface area contributed by atoms with Crippen molar-refractivity contribution in [3.8, 4) is 5.75 Å². The lowest BCUT2D eigenvalue weighted by Crippen LogP contribution is -2.20. The van der Waals surface area contributed by atoms with Gasteiger partial charge >= 0.3 is 11.4 Å². The van der Waals surface area contributed by atoms with E-state index in [1.165, 1.54) is 0 Å². The lowest BCUT2D eigenvalue weighted by atomic mass is 10.2. The first-order chi connectivity index (χ1) is 7.11. The number of rotatable bonds is 5. The molecule has 1 rings (SSSR count). The van der Waals surface area contributed by atoms with E-state index in [4.69, 9.17) is 9.29 Å². The summed E-state index contributed by atoms with van der Waals surface area (Å²) < 4.78 is 29.0. The topological polar surface area (TPSA) is 55.8 Å². The second-order valence-electron chi connectivity index (χ2n) is 3.08. The van der Waals surface area contributed by atoms with Gasteiger partial charge in [-0.25, -0.2) is 4.18 Å². The van der Waals surface area contributed by atoms with Gasteiger partial charge in [0.15, 0.2) is 0 Å². The van der Waals surface area contributed by atoms with Crippen molar-refractivity contribution < 1.29 is 17.7 Å². The zero-order valence-corrected chi connectivity index (χ0v) is 9.49. The van der Waals surface area contributed by atoms with Crippen molar-refractivity contribution in [1.82, 2.24) is 0 Å². The molecule has 0 aliphatic rings. The van der Waals surface area contributed by atoms with Crippen molar-refractivity contribution in [2.24, 2.45) is 0 Å². The highest BCUT2D eigenvalue weighted by molar-refractivity contribution is 7.74. The van der Waals surface area contributed by atoms with Crippen LogP contribution in [0, 0.1) is 6.92 Å². The minimum atomic E-state index is -2.30. The fourth-order valence-corrected chi connectivity index (χ4v) is 1.39. The molecule has 0 heterocycles. The van der Waals surface area contributed by atoms with Crippen molar-refractivity contribution in [3.63, 3.8) is 0 Å². The third-order valence-corrected chi connectivity index (χ3v) is 2.19. The minimum Gasteiger partial charge on any atom is -0.464 e. The molecule has 0 spiro atoms. The molecule has 1 aromatic rings. The zero-order chi connectivity index (χ0) is 11.3. The molecular formula is C10H14O4S. The molecule has 15 heavy (non-hydrogen) atoms. The van der Waals surface area contributed by atoms with Gasteiger partial charge in [0.25, 0.3) is 0 Å². The maximum atomic E-state index is 10.4. The van der Waals surface area contributed by atoms with E-state index < -0.39 is 17.7 Å². The quantitative estimate of drug-likeness (QED) is 0.622. The van der Waals surface area contributed by atoms with E-state index >= 15 is 0 Å². The summed E-state index contributed by atoms with van der Waals surface area (Å²) in [6.07, 6.45) is -0.196. The zero-order valence-electron chi connectivity index (χ0n) is 8.67. The summed E-state index contributed by atoms with van der Waals surface area (Å²) in [7, 11) is 0. The van der Waals surface area contributed by atoms with Crippen LogP contribution in [0.2, 0.25) is 0 Å². The maximum absolute atomic E-state index is 10.4. The summed E-state index contributed by atoms with van der Waals surface area (Å²) in [5.41, 5.74) is 1.13. The molecule has 5 heteroatoms. The van der Waals surface area contributed by atoms with Gasteiger partial charge in [0, 0.05) is 6.42 Å². The van der Waals surface area contributed by atoms with Crippen LogP contribution in [0.15, 0.2) is 24.3 Å². The molecule has 0 fully saturated rings. The molecule has 0 bridgehead atoms. The first-order valence-corrected chi connectivity index (χ1v) is 5.66. The second-order valence-corrected chi connectivity index (χ2v) is 3.71. The molecule has 84 valence electrons. The van der Waals surface area contributed by atoms with Crippen LogP contribution in [-0.4, -0.2) is 15.1 Å². The number of hydrogen-bond acceptors (Lipinski definition) is 3. The van der Waals surface area contributed by atoms with E-state index in [1.54, 1.807) is 12.1 Å². The van der Waals surface area contributed by atoms with Gasteiger partial charge in [0.05, 0.1) is 0 Å². The fraction of sp³-hybridized carbons (Fsp3) is 0.400. The van der Waals surface area contributed by atoms with E-state index in [-0.39, 0.29) is 0 Å². The van der Waals surface area contributed by atoms with E-state index in [0.717, 1.165) is 5.56 Å². The molecule has 0 radical (unpaired) electrons. The van der Waals surface area contributed by atoms with Gasteiger partial charge in [-0.05, 0) is 19.1 Å². The average Bonchev–Trinajstić information content (AvgIpc) is 2.19. The predicted molar refractivity (Wildman–Crippen MR) is 57.7 cm³/mol. The van der Waals surface area contributed by atoms with Crippen LogP contribution in [0.25, 0.3) is 0 Å². The number of ether oxygens (including phenoxy) is 1. The predicted octanol–water partition coefficient (Wildman–Crippen LogP) is 2.26. The van der Waals surface area contributed by atoms with Crippen molar-refractivity contribution in [2.45, 2.75) is 26.6 Å². The SMILES string of the molecule is CCC(Oc1ccc(C)cc1)OS(=O)O. The van der Waals surface area contributed by atoms with Gasteiger partial charge in [0.2, 0.25) is 6.29 Å². The summed E-state index contributed by atoms with van der Waals surface area (Å²) in [5, 5.41) is 0. The van der Waals surface area contributed by atoms with Gasteiger partial charge in [-0.15, -0.1) is 0 Å². The van der Waals surface area contributed by atoms with E-state index in [9.17, 15) is 4.21 Å². The molecule has 0 aromatic heterocycles. The Morgan fingerprint density at radius 1 is 1.40 bits per heavy atom. The Balaban J connectivity index is 2.58. The number of hydrogen-bond donors (Lipinski definition) is 1. The molecule has 0 aliphatic heterocycles. The van der Waals surface area contributed by atoms with Gasteiger partial charge < -0.3 is 4.74 Å². The van der Waals surface area contributed by atoms with E-state index in [1.807, 2.05) is 26.0 Å². The summed E-state index contributed by atoms with van der Waals surface area (Å²) in [6, 6.07) is 7.39. The lowest BCUT2D eigenvalue weighted by molar-refractivity contribution is 0.00763. The van der Waals surface area contributed by atoms with E-state index in [0.29, 0.717) is 12.2 Å². The molecule has 0 saturated carbocycles. The third-order valence-electron chi connectivity index (χ3n) is 1.81. The van der Waals surface area contributed by atoms with Crippen molar-refractivity contribution in [1.29, 1.82) is 0 Å². The normalized spacial score (nSPS) is 14.6. The van der Waals surface area contributed by atoms with Gasteiger partial charge in [-0.2, -0.15) is 4.21 Å². The third kappa shape index (κ3) is 4.42. The summed E-state index contributed by atoms with van der Waals surface area (Å²) in [6.45, 7) is 3.78. The monoisotopic (exact) mass is 230 g/mol. The Hall–Kier alpha value is -0.910. The standard InChI is InChI=1S/C10H14O4S/c1-3-10(14-15(11)12)13-9-6-4-8(2)5-7-9/h4-7,10H,3H2,1-2H3,(H,11,12). The van der Waals surface area contributed by atoms with Crippen LogP contribution in [0.1, 0.15) is 18.9 Å². The molecule has 1 N–H and O–H groups in total. The summed E-state index contributed by atoms with van der Waals surface area (Å²) in [4.78, 5) is 0. The minimum absolute atomic E-state index is 0.500. The molecular weight excluding hydrogens is 216 g/mol. The van der Waals surface area contributed by atoms with Crippen LogP contribution in [-0.2, 0) is 15.5 Å². The number of aryl methyl sites for hydroxylation is 1. The second kappa shape index (κ2) is 5.85. The van der Waals surface area contributed by atoms with Crippen LogP contribution in [0.4, 0.5) is 0 Å². The highest BCUT2D eigenvalue weighted by Crippen LogP contribution is 2.15. The molecule has 0 amide bonds. The Bertz CT molecular complexity index is 323. The molecule has 0 saturated heterocycles. The summed E-state index contributed by atoms with van der Waals surface area (Å²) >= 11 is -2.30. The largest absolute Gasteiger partial charge is 0.464 e. The van der Waals surface area contributed by atoms with Crippen LogP contribution < -0.4 is 4.74 Å². The average molecular weight is 230 g/mol. The van der Waals surface area contributed by atoms with Gasteiger partial charge in [-0.1, -0.05) is 24.6 Å². The highest BCUT2D eigenvalue weighted by atomic mass is 32.2. The summed E-state index contributed by atoms with van der Waals surface area (Å²) in [5.74, 6) is 0.623. The molecule has 2 atom stereocenters. The molecule has 2 unspecified atom stereocenters. The molecule has 1 aromatic carbocycles. The Kier molecular flexibility index (Phi) is 4.74. The van der Waals surface area contributed by atoms with Crippen LogP contribution >= 0.6 is 0 Å². The van der Waals surface area contributed by atoms with Gasteiger partial charge in [0.1, 0.15) is 5.75 Å². The van der Waals surface area contributed by atoms with Crippen LogP contribution in [0.5, 0.6) is 5.75 Å². The highest BCUT2D eigenvalue weighted by Gasteiger charge is 2.11. The molecule has 0 aliphatic carbocycles. The fourth-order valence-electron chi connectivity index (χ4n) is 1.03. The number of benzene rings is 1. The van der Waals surface area contributed by atoms with E-state index in [2.05, 4.69) is 4.18 Å². The lowest BCUT2D eigenvalue weighted by Gasteiger charge is -2.15. The van der Waals surface area contributed by atoms with Crippen molar-refractivity contribution in [2.75, 3.05) is 0 Å². The van der Waals surface area contributed by atoms with Gasteiger partial charge in [-0.3, -0.25) is 4.55 Å². The first kappa shape index (κ1) is 12.2. The maximum Gasteiger partial charge on any atom is 0.305 e. The first-order valence-electron chi connectivity index (χ1n) is 4.63. The van der Waals surface area contributed by atoms with Crippen molar-refractivity contribution >= 4 is 11.4 Å². The Labute approximate surface area is 91.7 Å². The van der Waals surface area contributed by atoms with Crippen LogP contribution in [0.3, 0.4) is 0 Å².